The van der Waals surface area contributed by atoms with Crippen molar-refractivity contribution in [2.45, 2.75) is 65.8 Å². The van der Waals surface area contributed by atoms with Gasteiger partial charge in [0.1, 0.15) is 11.6 Å². The van der Waals surface area contributed by atoms with Crippen LogP contribution in [0.5, 0.6) is 0 Å². The van der Waals surface area contributed by atoms with Gasteiger partial charge < -0.3 is 20.5 Å². The van der Waals surface area contributed by atoms with Crippen LogP contribution in [0, 0.1) is 12.3 Å². The number of nitrogens with one attached hydrogen (secondary N) is 1. The van der Waals surface area contributed by atoms with E-state index in [0.717, 1.165) is 27.7 Å². The van der Waals surface area contributed by atoms with E-state index in [1.165, 1.54) is 6.21 Å². The highest BCUT2D eigenvalue weighted by atomic mass is 19.1. The Labute approximate surface area is 171 Å². The van der Waals surface area contributed by atoms with E-state index in [0.29, 0.717) is 36.1 Å². The highest BCUT2D eigenvalue weighted by Gasteiger charge is 2.27. The molecule has 0 amide bonds. The van der Waals surface area contributed by atoms with Gasteiger partial charge in [0, 0.05) is 35.0 Å². The minimum Gasteiger partial charge on any atom is -0.398 e. The largest absolute Gasteiger partial charge is 0.398 e. The van der Waals surface area contributed by atoms with E-state index < -0.39 is 0 Å². The van der Waals surface area contributed by atoms with Gasteiger partial charge in [-0.05, 0) is 68.4 Å². The first-order valence-corrected chi connectivity index (χ1v) is 10.2. The third kappa shape index (κ3) is 3.66. The van der Waals surface area contributed by atoms with Crippen LogP contribution < -0.4 is 5.73 Å². The molecule has 0 radical (unpaired) electrons. The van der Waals surface area contributed by atoms with E-state index in [2.05, 4.69) is 18.4 Å². The number of benzene rings is 1. The van der Waals surface area contributed by atoms with Crippen LogP contribution >= 0.6 is 0 Å². The Hall–Kier alpha value is -2.69. The predicted octanol–water partition coefficient (Wildman–Crippen LogP) is 5.92. The topological polar surface area (TPSA) is 71.9 Å². The molecule has 1 aromatic heterocycles. The zero-order valence-electron chi connectivity index (χ0n) is 17.9. The molecule has 0 spiro atoms. The summed E-state index contributed by atoms with van der Waals surface area (Å²) >= 11 is 0. The van der Waals surface area contributed by atoms with Crippen LogP contribution in [0.15, 0.2) is 29.6 Å². The number of nitrogens with two attached hydrogens (primary N) is 1. The van der Waals surface area contributed by atoms with Gasteiger partial charge in [0.15, 0.2) is 0 Å². The van der Waals surface area contributed by atoms with Gasteiger partial charge in [-0.15, -0.1) is 0 Å². The minimum absolute atomic E-state index is 0.0120. The van der Waals surface area contributed by atoms with Crippen molar-refractivity contribution in [2.24, 2.45) is 0 Å². The summed E-state index contributed by atoms with van der Waals surface area (Å²) < 4.78 is 16.3. The number of aromatic nitrogens is 1. The van der Waals surface area contributed by atoms with Crippen LogP contribution in [-0.2, 0) is 11.2 Å². The molecule has 1 unspecified atom stereocenters. The summed E-state index contributed by atoms with van der Waals surface area (Å²) in [5, 5.41) is 8.85. The summed E-state index contributed by atoms with van der Waals surface area (Å²) in [6.45, 7) is 9.69. The summed E-state index contributed by atoms with van der Waals surface area (Å²) in [5.41, 5.74) is 12.5. The van der Waals surface area contributed by atoms with Crippen molar-refractivity contribution in [1.29, 1.82) is 5.41 Å². The third-order valence-corrected chi connectivity index (χ3v) is 5.89. The maximum Gasteiger partial charge on any atom is 0.130 e. The number of anilines is 1. The molecule has 0 bridgehead atoms. The lowest BCUT2D eigenvalue weighted by molar-refractivity contribution is -0.116. The summed E-state index contributed by atoms with van der Waals surface area (Å²) in [6.07, 6.45) is 6.60. The van der Waals surface area contributed by atoms with Crippen LogP contribution in [0.3, 0.4) is 0 Å². The second-order valence-electron chi connectivity index (χ2n) is 8.34. The van der Waals surface area contributed by atoms with E-state index in [1.807, 2.05) is 19.1 Å². The Balaban J connectivity index is 2.39. The molecule has 0 saturated carbocycles. The SMILES string of the molecule is CC(=O)CCc1c(C(C)C)n(C2C=C(C)C(F)=CC2)c2cc(C=N)c(N)c(C)c12. The number of allylic oxidation sites excluding steroid dienone is 4. The number of fused-ring (bicyclic) bond motifs is 1. The predicted molar refractivity (Wildman–Crippen MR) is 119 cm³/mol. The molecule has 1 aliphatic carbocycles. The zero-order chi connectivity index (χ0) is 21.5. The van der Waals surface area contributed by atoms with Gasteiger partial charge in [0.2, 0.25) is 0 Å². The fourth-order valence-corrected chi connectivity index (χ4v) is 4.47. The van der Waals surface area contributed by atoms with Gasteiger partial charge >= 0.3 is 0 Å². The van der Waals surface area contributed by atoms with Crippen LogP contribution in [0.1, 0.15) is 74.9 Å². The summed E-state index contributed by atoms with van der Waals surface area (Å²) in [7, 11) is 0. The number of halogens is 1. The Morgan fingerprint density at radius 2 is 2.10 bits per heavy atom. The molecule has 1 atom stereocenters. The average molecular weight is 396 g/mol. The standard InChI is InChI=1S/C24H30FN3O/c1-13(2)24-19(8-6-15(4)29)22-16(5)23(27)17(12-26)11-21(22)28(24)18-7-9-20(25)14(3)10-18/h9-13,18,26H,6-8,27H2,1-5H3. The maximum absolute atomic E-state index is 14.0. The van der Waals surface area contributed by atoms with Crippen molar-refractivity contribution in [3.63, 3.8) is 0 Å². The monoisotopic (exact) mass is 395 g/mol. The molecule has 1 aromatic carbocycles. The first-order chi connectivity index (χ1) is 13.7. The Bertz CT molecular complexity index is 1060. The molecule has 0 saturated heterocycles. The number of nitrogens with zero attached hydrogens (tertiary/aromatic N) is 1. The molecule has 1 heterocycles. The Morgan fingerprint density at radius 1 is 1.41 bits per heavy atom. The van der Waals surface area contributed by atoms with Crippen LogP contribution in [0.4, 0.5) is 10.1 Å². The number of rotatable bonds is 6. The van der Waals surface area contributed by atoms with Gasteiger partial charge in [0.05, 0.1) is 11.6 Å². The smallest absolute Gasteiger partial charge is 0.130 e. The molecular formula is C24H30FN3O. The number of carbonyl (C=O) groups is 1. The first kappa shape index (κ1) is 21.0. The van der Waals surface area contributed by atoms with E-state index in [9.17, 15) is 9.18 Å². The third-order valence-electron chi connectivity index (χ3n) is 5.89. The molecule has 2 aromatic rings. The summed E-state index contributed by atoms with van der Waals surface area (Å²) in [5.74, 6) is 0.208. The van der Waals surface area contributed by atoms with Gasteiger partial charge in [-0.3, -0.25) is 0 Å². The molecule has 154 valence electrons. The normalized spacial score (nSPS) is 16.9. The van der Waals surface area contributed by atoms with Crippen molar-refractivity contribution in [1.82, 2.24) is 4.57 Å². The van der Waals surface area contributed by atoms with Crippen molar-refractivity contribution in [3.8, 4) is 0 Å². The second-order valence-corrected chi connectivity index (χ2v) is 8.34. The quantitative estimate of drug-likeness (QED) is 0.471. The van der Waals surface area contributed by atoms with Gasteiger partial charge in [-0.1, -0.05) is 19.9 Å². The zero-order valence-corrected chi connectivity index (χ0v) is 17.9. The van der Waals surface area contributed by atoms with E-state index in [4.69, 9.17) is 11.1 Å². The van der Waals surface area contributed by atoms with Gasteiger partial charge in [-0.2, -0.15) is 0 Å². The Kier molecular flexibility index (Phi) is 5.78. The lowest BCUT2D eigenvalue weighted by Crippen LogP contribution is -2.14. The fraction of sp³-hybridized carbons (Fsp3) is 0.417. The summed E-state index contributed by atoms with van der Waals surface area (Å²) in [4.78, 5) is 11.8. The molecule has 3 rings (SSSR count). The lowest BCUT2D eigenvalue weighted by Gasteiger charge is -2.24. The number of ketones is 1. The highest BCUT2D eigenvalue weighted by molar-refractivity contribution is 6.00. The van der Waals surface area contributed by atoms with Crippen molar-refractivity contribution in [3.05, 3.63) is 52.0 Å². The fourth-order valence-electron chi connectivity index (χ4n) is 4.47. The number of Topliss-reactive ketones (excluding diaryl/α,β-unsaturated/α-hetero) is 1. The van der Waals surface area contributed by atoms with E-state index in [-0.39, 0.29) is 23.6 Å². The number of hydrogen-bond acceptors (Lipinski definition) is 3. The molecule has 1 aliphatic rings. The summed E-state index contributed by atoms with van der Waals surface area (Å²) in [6, 6.07) is 1.95. The van der Waals surface area contributed by atoms with Crippen molar-refractivity contribution < 1.29 is 9.18 Å². The van der Waals surface area contributed by atoms with E-state index >= 15 is 0 Å². The average Bonchev–Trinajstić information content (AvgIpc) is 2.99. The minimum atomic E-state index is -0.166. The molecule has 0 fully saturated rings. The number of aryl methyl sites for hydroxylation is 2. The maximum atomic E-state index is 14.0. The lowest BCUT2D eigenvalue weighted by atomic mass is 9.95. The van der Waals surface area contributed by atoms with Crippen molar-refractivity contribution >= 4 is 28.6 Å². The second kappa shape index (κ2) is 7.97. The first-order valence-electron chi connectivity index (χ1n) is 10.2. The number of hydrogen-bond donors (Lipinski definition) is 2. The molecule has 3 N–H and O–H groups in total. The van der Waals surface area contributed by atoms with Crippen molar-refractivity contribution in [2.75, 3.05) is 5.73 Å². The molecule has 4 nitrogen and oxygen atoms in total. The highest BCUT2D eigenvalue weighted by Crippen LogP contribution is 2.41. The number of carbonyl (C=O) groups excluding carboxylic acids is 1. The van der Waals surface area contributed by atoms with E-state index in [1.54, 1.807) is 19.9 Å². The van der Waals surface area contributed by atoms with Crippen LogP contribution in [0.2, 0.25) is 0 Å². The number of nitrogen functional groups attached to an aromatic ring is 1. The van der Waals surface area contributed by atoms with Gasteiger partial charge in [0.25, 0.3) is 0 Å². The molecular weight excluding hydrogens is 365 g/mol. The Morgan fingerprint density at radius 3 is 2.66 bits per heavy atom. The van der Waals surface area contributed by atoms with Crippen LogP contribution in [0.25, 0.3) is 10.9 Å². The molecule has 0 aliphatic heterocycles. The molecule has 5 heteroatoms. The van der Waals surface area contributed by atoms with Gasteiger partial charge in [-0.25, -0.2) is 4.39 Å². The molecule has 29 heavy (non-hydrogen) atoms. The van der Waals surface area contributed by atoms with Crippen LogP contribution in [-0.4, -0.2) is 16.6 Å².